The minimum absolute atomic E-state index is 0.240. The molecule has 1 heterocycles. The van der Waals surface area contributed by atoms with Crippen molar-refractivity contribution in [2.24, 2.45) is 5.73 Å². The molecule has 0 radical (unpaired) electrons. The third kappa shape index (κ3) is 1.73. The van der Waals surface area contributed by atoms with Crippen molar-refractivity contribution in [3.05, 3.63) is 71.2 Å². The molecule has 4 heteroatoms. The monoisotopic (exact) mass is 283 g/mol. The minimum atomic E-state index is -1.26. The average Bonchev–Trinajstić information content (AvgIpc) is 3.00. The normalized spacial score (nSPS) is 24.4. The summed E-state index contributed by atoms with van der Waals surface area (Å²) in [6, 6.07) is 13.3. The summed E-state index contributed by atoms with van der Waals surface area (Å²) in [4.78, 5) is 0. The number of rotatable bonds is 1. The zero-order valence-corrected chi connectivity index (χ0v) is 11.2. The first-order valence-corrected chi connectivity index (χ1v) is 6.85. The molecule has 0 bridgehead atoms. The van der Waals surface area contributed by atoms with E-state index < -0.39 is 5.60 Å². The zero-order valence-electron chi connectivity index (χ0n) is 11.2. The number of hydrogen-bond donors (Lipinski definition) is 2. The lowest BCUT2D eigenvalue weighted by molar-refractivity contribution is 0.0556. The number of nitrogens with two attached hydrogens (primary N) is 1. The summed E-state index contributed by atoms with van der Waals surface area (Å²) in [5.41, 5.74) is 7.10. The summed E-state index contributed by atoms with van der Waals surface area (Å²) < 4.78 is 19.0. The molecule has 0 saturated carbocycles. The third-order valence-corrected chi connectivity index (χ3v) is 4.21. The standard InChI is InChI=1S/C17H14FNO2/c18-11-5-6-15-10(7-11)8-16(21-15)17(20)9-14(19)12-3-1-2-4-13(12)17/h1-8,14,20H,9,19H2. The minimum Gasteiger partial charge on any atom is -0.458 e. The molecule has 0 spiro atoms. The fraction of sp³-hybridized carbons (Fsp3) is 0.176. The highest BCUT2D eigenvalue weighted by Gasteiger charge is 2.44. The predicted molar refractivity (Wildman–Crippen MR) is 77.2 cm³/mol. The van der Waals surface area contributed by atoms with Crippen molar-refractivity contribution in [2.75, 3.05) is 0 Å². The molecular formula is C17H14FNO2. The Morgan fingerprint density at radius 3 is 2.86 bits per heavy atom. The topological polar surface area (TPSA) is 59.4 Å². The molecule has 2 aromatic carbocycles. The number of aliphatic hydroxyl groups is 1. The molecule has 0 fully saturated rings. The van der Waals surface area contributed by atoms with Crippen LogP contribution in [0.2, 0.25) is 0 Å². The van der Waals surface area contributed by atoms with Gasteiger partial charge in [-0.15, -0.1) is 0 Å². The van der Waals surface area contributed by atoms with Gasteiger partial charge in [-0.3, -0.25) is 0 Å². The molecule has 3 nitrogen and oxygen atoms in total. The van der Waals surface area contributed by atoms with E-state index in [1.54, 1.807) is 12.1 Å². The van der Waals surface area contributed by atoms with Crippen LogP contribution in [0.15, 0.2) is 52.9 Å². The molecule has 0 saturated heterocycles. The molecule has 106 valence electrons. The Hall–Kier alpha value is -2.17. The Morgan fingerprint density at radius 1 is 1.19 bits per heavy atom. The van der Waals surface area contributed by atoms with Crippen molar-refractivity contribution in [3.8, 4) is 0 Å². The van der Waals surface area contributed by atoms with Gasteiger partial charge in [0.1, 0.15) is 22.8 Å². The van der Waals surface area contributed by atoms with E-state index in [9.17, 15) is 9.50 Å². The Labute approximate surface area is 120 Å². The largest absolute Gasteiger partial charge is 0.458 e. The lowest BCUT2D eigenvalue weighted by Gasteiger charge is -2.21. The fourth-order valence-electron chi connectivity index (χ4n) is 3.19. The summed E-state index contributed by atoms with van der Waals surface area (Å²) in [5.74, 6) is 0.0777. The summed E-state index contributed by atoms with van der Waals surface area (Å²) in [5, 5.41) is 11.7. The molecule has 1 aliphatic rings. The summed E-state index contributed by atoms with van der Waals surface area (Å²) in [7, 11) is 0. The van der Waals surface area contributed by atoms with Gasteiger partial charge in [-0.05, 0) is 35.4 Å². The molecule has 1 aliphatic carbocycles. The first kappa shape index (κ1) is 12.6. The van der Waals surface area contributed by atoms with E-state index in [2.05, 4.69) is 0 Å². The van der Waals surface area contributed by atoms with Gasteiger partial charge in [-0.25, -0.2) is 4.39 Å². The van der Waals surface area contributed by atoms with Crippen molar-refractivity contribution in [1.82, 2.24) is 0 Å². The Morgan fingerprint density at radius 2 is 2.00 bits per heavy atom. The van der Waals surface area contributed by atoms with Crippen LogP contribution >= 0.6 is 0 Å². The first-order valence-electron chi connectivity index (χ1n) is 6.85. The maximum atomic E-state index is 13.3. The fourth-order valence-corrected chi connectivity index (χ4v) is 3.19. The van der Waals surface area contributed by atoms with Gasteiger partial charge < -0.3 is 15.3 Å². The van der Waals surface area contributed by atoms with Crippen molar-refractivity contribution in [1.29, 1.82) is 0 Å². The number of hydrogen-bond acceptors (Lipinski definition) is 3. The van der Waals surface area contributed by atoms with Crippen LogP contribution < -0.4 is 5.73 Å². The molecule has 0 amide bonds. The van der Waals surface area contributed by atoms with Crippen molar-refractivity contribution < 1.29 is 13.9 Å². The Bertz CT molecular complexity index is 842. The quantitative estimate of drug-likeness (QED) is 0.721. The zero-order chi connectivity index (χ0) is 14.6. The average molecular weight is 283 g/mol. The van der Waals surface area contributed by atoms with Gasteiger partial charge in [0.15, 0.2) is 0 Å². The number of furan rings is 1. The molecule has 2 unspecified atom stereocenters. The van der Waals surface area contributed by atoms with E-state index in [0.717, 1.165) is 11.1 Å². The number of fused-ring (bicyclic) bond motifs is 2. The van der Waals surface area contributed by atoms with E-state index in [1.807, 2.05) is 24.3 Å². The van der Waals surface area contributed by atoms with Crippen LogP contribution in [0, 0.1) is 5.82 Å². The Kier molecular flexibility index (Phi) is 2.49. The molecule has 4 rings (SSSR count). The van der Waals surface area contributed by atoms with Gasteiger partial charge in [0.2, 0.25) is 0 Å². The maximum absolute atomic E-state index is 13.3. The lowest BCUT2D eigenvalue weighted by Crippen LogP contribution is -2.24. The third-order valence-electron chi connectivity index (χ3n) is 4.21. The van der Waals surface area contributed by atoms with E-state index in [1.165, 1.54) is 12.1 Å². The number of benzene rings is 2. The van der Waals surface area contributed by atoms with Gasteiger partial charge in [0, 0.05) is 17.8 Å². The molecule has 0 aliphatic heterocycles. The molecule has 21 heavy (non-hydrogen) atoms. The van der Waals surface area contributed by atoms with Crippen LogP contribution in [0.25, 0.3) is 11.0 Å². The molecule has 1 aromatic heterocycles. The molecule has 3 N–H and O–H groups in total. The van der Waals surface area contributed by atoms with E-state index in [-0.39, 0.29) is 11.9 Å². The van der Waals surface area contributed by atoms with Crippen LogP contribution in [0.3, 0.4) is 0 Å². The highest BCUT2D eigenvalue weighted by molar-refractivity contribution is 5.78. The highest BCUT2D eigenvalue weighted by Crippen LogP contribution is 2.47. The second-order valence-corrected chi connectivity index (χ2v) is 5.55. The first-order chi connectivity index (χ1) is 10.1. The van der Waals surface area contributed by atoms with E-state index >= 15 is 0 Å². The van der Waals surface area contributed by atoms with Gasteiger partial charge in [-0.1, -0.05) is 24.3 Å². The molecule has 3 aromatic rings. The van der Waals surface area contributed by atoms with E-state index in [4.69, 9.17) is 10.2 Å². The smallest absolute Gasteiger partial charge is 0.149 e. The summed E-state index contributed by atoms with van der Waals surface area (Å²) >= 11 is 0. The molecule has 2 atom stereocenters. The second-order valence-electron chi connectivity index (χ2n) is 5.55. The predicted octanol–water partition coefficient (Wildman–Crippen LogP) is 3.21. The van der Waals surface area contributed by atoms with Crippen LogP contribution in [-0.2, 0) is 5.60 Å². The van der Waals surface area contributed by atoms with Gasteiger partial charge in [-0.2, -0.15) is 0 Å². The summed E-state index contributed by atoms with van der Waals surface area (Å²) in [6.45, 7) is 0. The number of halogens is 1. The van der Waals surface area contributed by atoms with Gasteiger partial charge in [0.25, 0.3) is 0 Å². The van der Waals surface area contributed by atoms with Crippen LogP contribution in [-0.4, -0.2) is 5.11 Å². The van der Waals surface area contributed by atoms with Crippen LogP contribution in [0.4, 0.5) is 4.39 Å². The van der Waals surface area contributed by atoms with Gasteiger partial charge >= 0.3 is 0 Å². The second kappa shape index (κ2) is 4.16. The van der Waals surface area contributed by atoms with Crippen LogP contribution in [0.1, 0.15) is 29.3 Å². The highest BCUT2D eigenvalue weighted by atomic mass is 19.1. The SMILES string of the molecule is NC1CC(O)(c2cc3cc(F)ccc3o2)c2ccccc21. The van der Waals surface area contributed by atoms with Crippen molar-refractivity contribution in [2.45, 2.75) is 18.1 Å². The summed E-state index contributed by atoms with van der Waals surface area (Å²) in [6.07, 6.45) is 0.356. The van der Waals surface area contributed by atoms with Crippen molar-refractivity contribution >= 4 is 11.0 Å². The maximum Gasteiger partial charge on any atom is 0.149 e. The lowest BCUT2D eigenvalue weighted by atomic mass is 9.93. The van der Waals surface area contributed by atoms with Gasteiger partial charge in [0.05, 0.1) is 0 Å². The molecular weight excluding hydrogens is 269 g/mol. The van der Waals surface area contributed by atoms with Crippen LogP contribution in [0.5, 0.6) is 0 Å². The van der Waals surface area contributed by atoms with E-state index in [0.29, 0.717) is 23.2 Å². The van der Waals surface area contributed by atoms with Crippen molar-refractivity contribution in [3.63, 3.8) is 0 Å². The Balaban J connectivity index is 1.92.